The summed E-state index contributed by atoms with van der Waals surface area (Å²) in [5.41, 5.74) is 0.263. The molecule has 0 aliphatic carbocycles. The Morgan fingerprint density at radius 2 is 2.00 bits per heavy atom. The van der Waals surface area contributed by atoms with Gasteiger partial charge >= 0.3 is 0 Å². The fourth-order valence-corrected chi connectivity index (χ4v) is 3.26. The second kappa shape index (κ2) is 6.44. The van der Waals surface area contributed by atoms with E-state index in [1.54, 1.807) is 0 Å². The summed E-state index contributed by atoms with van der Waals surface area (Å²) in [6.07, 6.45) is 3.51. The average molecular weight is 258 g/mol. The van der Waals surface area contributed by atoms with Crippen molar-refractivity contribution in [1.29, 1.82) is 0 Å². The molecule has 2 nitrogen and oxygen atoms in total. The van der Waals surface area contributed by atoms with Gasteiger partial charge in [-0.2, -0.15) is 11.8 Å². The molecule has 2 unspecified atom stereocenters. The smallest absolute Gasteiger partial charge is 0.0253 e. The van der Waals surface area contributed by atoms with Crippen molar-refractivity contribution in [2.75, 3.05) is 25.1 Å². The predicted octanol–water partition coefficient (Wildman–Crippen LogP) is 2.84. The van der Waals surface area contributed by atoms with Crippen molar-refractivity contribution in [3.05, 3.63) is 0 Å². The summed E-state index contributed by atoms with van der Waals surface area (Å²) in [6, 6.07) is 1.40. The maximum absolute atomic E-state index is 3.68. The van der Waals surface area contributed by atoms with Gasteiger partial charge in [-0.1, -0.05) is 13.8 Å². The molecule has 0 aromatic rings. The summed E-state index contributed by atoms with van der Waals surface area (Å²) in [5.74, 6) is 2.01. The summed E-state index contributed by atoms with van der Waals surface area (Å²) in [6.45, 7) is 14.0. The first-order valence-electron chi connectivity index (χ1n) is 6.87. The molecule has 3 heteroatoms. The lowest BCUT2D eigenvalue weighted by molar-refractivity contribution is 0.0368. The van der Waals surface area contributed by atoms with E-state index in [0.717, 1.165) is 12.5 Å². The number of hydrogen-bond donors (Lipinski definition) is 1. The molecule has 1 N–H and O–H groups in total. The number of thioether (sulfide) groups is 1. The number of nitrogens with zero attached hydrogens (tertiary/aromatic N) is 1. The zero-order valence-electron chi connectivity index (χ0n) is 12.4. The monoisotopic (exact) mass is 258 g/mol. The number of rotatable bonds is 5. The molecule has 0 aromatic carbocycles. The van der Waals surface area contributed by atoms with E-state index in [-0.39, 0.29) is 5.54 Å². The Kier molecular flexibility index (Phi) is 5.81. The highest BCUT2D eigenvalue weighted by atomic mass is 32.2. The maximum atomic E-state index is 3.68. The fraction of sp³-hybridized carbons (Fsp3) is 1.00. The normalized spacial score (nSPS) is 27.4. The summed E-state index contributed by atoms with van der Waals surface area (Å²) >= 11 is 1.96. The van der Waals surface area contributed by atoms with Gasteiger partial charge in [0.25, 0.3) is 0 Å². The highest BCUT2D eigenvalue weighted by Gasteiger charge is 2.35. The minimum atomic E-state index is 0.263. The molecule has 17 heavy (non-hydrogen) atoms. The largest absolute Gasteiger partial charge is 0.309 e. The Hall–Kier alpha value is 0.270. The van der Waals surface area contributed by atoms with Crippen LogP contribution in [0.25, 0.3) is 0 Å². The SMILES string of the molecule is CSCCC(C)N1CC(C)(C)NCC1C(C)C. The lowest BCUT2D eigenvalue weighted by Crippen LogP contribution is -2.64. The quantitative estimate of drug-likeness (QED) is 0.816. The second-order valence-electron chi connectivity index (χ2n) is 6.38. The van der Waals surface area contributed by atoms with Crippen LogP contribution >= 0.6 is 11.8 Å². The van der Waals surface area contributed by atoms with E-state index in [0.29, 0.717) is 12.1 Å². The van der Waals surface area contributed by atoms with Gasteiger partial charge < -0.3 is 5.32 Å². The molecule has 0 amide bonds. The first kappa shape index (κ1) is 15.3. The van der Waals surface area contributed by atoms with Crippen molar-refractivity contribution in [3.63, 3.8) is 0 Å². The van der Waals surface area contributed by atoms with Crippen LogP contribution in [0.15, 0.2) is 0 Å². The van der Waals surface area contributed by atoms with Crippen molar-refractivity contribution in [3.8, 4) is 0 Å². The summed E-state index contributed by atoms with van der Waals surface area (Å²) in [4.78, 5) is 2.73. The third-order valence-corrected chi connectivity index (χ3v) is 4.51. The fourth-order valence-electron chi connectivity index (χ4n) is 2.68. The van der Waals surface area contributed by atoms with E-state index in [1.807, 2.05) is 11.8 Å². The highest BCUT2D eigenvalue weighted by Crippen LogP contribution is 2.24. The Morgan fingerprint density at radius 1 is 1.35 bits per heavy atom. The molecule has 1 saturated heterocycles. The Morgan fingerprint density at radius 3 is 2.53 bits per heavy atom. The van der Waals surface area contributed by atoms with E-state index in [2.05, 4.69) is 51.1 Å². The number of piperazine rings is 1. The first-order valence-corrected chi connectivity index (χ1v) is 8.26. The van der Waals surface area contributed by atoms with Gasteiger partial charge in [-0.05, 0) is 45.1 Å². The van der Waals surface area contributed by atoms with E-state index in [1.165, 1.54) is 18.7 Å². The van der Waals surface area contributed by atoms with Gasteiger partial charge in [0.05, 0.1) is 0 Å². The third-order valence-electron chi connectivity index (χ3n) is 3.87. The van der Waals surface area contributed by atoms with Crippen molar-refractivity contribution < 1.29 is 0 Å². The van der Waals surface area contributed by atoms with Gasteiger partial charge in [0.15, 0.2) is 0 Å². The Balaban J connectivity index is 2.66. The topological polar surface area (TPSA) is 15.3 Å². The molecular weight excluding hydrogens is 228 g/mol. The van der Waals surface area contributed by atoms with Crippen LogP contribution in [0.5, 0.6) is 0 Å². The Bertz CT molecular complexity index is 228. The minimum Gasteiger partial charge on any atom is -0.309 e. The molecule has 1 heterocycles. The molecule has 1 aliphatic heterocycles. The Labute approximate surface area is 112 Å². The van der Waals surface area contributed by atoms with E-state index >= 15 is 0 Å². The van der Waals surface area contributed by atoms with Gasteiger partial charge in [0.2, 0.25) is 0 Å². The van der Waals surface area contributed by atoms with E-state index in [4.69, 9.17) is 0 Å². The zero-order chi connectivity index (χ0) is 13.1. The lowest BCUT2D eigenvalue weighted by Gasteiger charge is -2.49. The van der Waals surface area contributed by atoms with Crippen LogP contribution in [0.1, 0.15) is 41.0 Å². The van der Waals surface area contributed by atoms with Crippen LogP contribution in [0, 0.1) is 5.92 Å². The molecule has 1 aliphatic rings. The van der Waals surface area contributed by atoms with Crippen LogP contribution in [0.3, 0.4) is 0 Å². The van der Waals surface area contributed by atoms with Crippen LogP contribution in [0.2, 0.25) is 0 Å². The van der Waals surface area contributed by atoms with Gasteiger partial charge in [0, 0.05) is 30.7 Å². The molecule has 1 fully saturated rings. The highest BCUT2D eigenvalue weighted by molar-refractivity contribution is 7.98. The van der Waals surface area contributed by atoms with Crippen molar-refractivity contribution in [1.82, 2.24) is 10.2 Å². The molecular formula is C14H30N2S. The van der Waals surface area contributed by atoms with Crippen molar-refractivity contribution >= 4 is 11.8 Å². The molecule has 0 radical (unpaired) electrons. The van der Waals surface area contributed by atoms with Crippen LogP contribution in [-0.4, -0.2) is 47.6 Å². The zero-order valence-corrected chi connectivity index (χ0v) is 13.2. The van der Waals surface area contributed by atoms with Crippen molar-refractivity contribution in [2.45, 2.75) is 58.7 Å². The maximum Gasteiger partial charge on any atom is 0.0253 e. The van der Waals surface area contributed by atoms with E-state index < -0.39 is 0 Å². The minimum absolute atomic E-state index is 0.263. The molecule has 102 valence electrons. The van der Waals surface area contributed by atoms with Crippen molar-refractivity contribution in [2.24, 2.45) is 5.92 Å². The number of nitrogens with one attached hydrogen (secondary N) is 1. The summed E-state index contributed by atoms with van der Waals surface area (Å²) in [7, 11) is 0. The standard InChI is InChI=1S/C14H30N2S/c1-11(2)13-9-15-14(4,5)10-16(13)12(3)7-8-17-6/h11-13,15H,7-10H2,1-6H3. The molecule has 0 aromatic heterocycles. The van der Waals surface area contributed by atoms with Crippen LogP contribution in [0.4, 0.5) is 0 Å². The van der Waals surface area contributed by atoms with Gasteiger partial charge in [-0.25, -0.2) is 0 Å². The van der Waals surface area contributed by atoms with Gasteiger partial charge in [-0.15, -0.1) is 0 Å². The first-order chi connectivity index (χ1) is 7.87. The number of hydrogen-bond acceptors (Lipinski definition) is 3. The lowest BCUT2D eigenvalue weighted by atomic mass is 9.91. The van der Waals surface area contributed by atoms with Gasteiger partial charge in [-0.3, -0.25) is 4.90 Å². The molecule has 0 bridgehead atoms. The third kappa shape index (κ3) is 4.46. The molecule has 0 spiro atoms. The van der Waals surface area contributed by atoms with Crippen LogP contribution < -0.4 is 5.32 Å². The predicted molar refractivity (Wildman–Crippen MR) is 79.9 cm³/mol. The van der Waals surface area contributed by atoms with Gasteiger partial charge in [0.1, 0.15) is 0 Å². The molecule has 0 saturated carbocycles. The summed E-state index contributed by atoms with van der Waals surface area (Å²) < 4.78 is 0. The van der Waals surface area contributed by atoms with E-state index in [9.17, 15) is 0 Å². The summed E-state index contributed by atoms with van der Waals surface area (Å²) in [5, 5.41) is 3.68. The van der Waals surface area contributed by atoms with Crippen LogP contribution in [-0.2, 0) is 0 Å². The second-order valence-corrected chi connectivity index (χ2v) is 7.36. The molecule has 1 rings (SSSR count). The molecule has 2 atom stereocenters. The average Bonchev–Trinajstić information content (AvgIpc) is 2.24.